The third kappa shape index (κ3) is 3.86. The van der Waals surface area contributed by atoms with Crippen molar-refractivity contribution in [1.82, 2.24) is 19.7 Å². The number of phenolic OH excluding ortho intramolecular Hbond substituents is 1. The zero-order valence-corrected chi connectivity index (χ0v) is 20.2. The molecule has 0 bridgehead atoms. The first-order valence-electron chi connectivity index (χ1n) is 11.7. The molecule has 3 aromatic heterocycles. The van der Waals surface area contributed by atoms with Crippen molar-refractivity contribution in [3.63, 3.8) is 0 Å². The average Bonchev–Trinajstić information content (AvgIpc) is 3.32. The van der Waals surface area contributed by atoms with Gasteiger partial charge in [-0.05, 0) is 48.9 Å². The van der Waals surface area contributed by atoms with Gasteiger partial charge in [0.2, 0.25) is 5.43 Å². The summed E-state index contributed by atoms with van der Waals surface area (Å²) in [6.07, 6.45) is 1.20. The number of nitrogens with zero attached hydrogens (tertiary/aromatic N) is 4. The fourth-order valence-corrected chi connectivity index (χ4v) is 4.65. The van der Waals surface area contributed by atoms with Crippen LogP contribution in [0, 0.1) is 17.5 Å². The lowest BCUT2D eigenvalue weighted by atomic mass is 9.99. The lowest BCUT2D eigenvalue weighted by Crippen LogP contribution is -2.16. The molecular weight excluding hydrogens is 511 g/mol. The number of anilines is 1. The molecule has 8 nitrogen and oxygen atoms in total. The van der Waals surface area contributed by atoms with Gasteiger partial charge in [-0.3, -0.25) is 4.79 Å². The van der Waals surface area contributed by atoms with E-state index >= 15 is 0 Å². The zero-order chi connectivity index (χ0) is 27.4. The Morgan fingerprint density at radius 3 is 2.46 bits per heavy atom. The molecule has 39 heavy (non-hydrogen) atoms. The van der Waals surface area contributed by atoms with E-state index in [0.717, 1.165) is 12.1 Å². The molecule has 0 fully saturated rings. The number of para-hydroxylation sites is 1. The Labute approximate surface area is 217 Å². The summed E-state index contributed by atoms with van der Waals surface area (Å²) in [6.45, 7) is 1.68. The van der Waals surface area contributed by atoms with Crippen molar-refractivity contribution < 1.29 is 22.7 Å². The van der Waals surface area contributed by atoms with E-state index in [1.165, 1.54) is 29.2 Å². The number of nitrogens with two attached hydrogens (primary N) is 1. The predicted octanol–water partition coefficient (Wildman–Crippen LogP) is 5.58. The molecule has 194 valence electrons. The molecule has 0 aliphatic heterocycles. The number of halogens is 3. The highest BCUT2D eigenvalue weighted by molar-refractivity contribution is 5.98. The standard InChI is InChI=1S/C28H18F3N5O3/c1-13(26-21(14-5-4-6-16(29)9-14)24(37)17-7-2-3-8-20(17)39-26)36-28-22(27(32)33-12-34-28)23(35-36)15-10-18(30)25(38)19(31)11-15/h2-13,38H,1H3,(H2,32,33,34). The molecule has 11 heteroatoms. The van der Waals surface area contributed by atoms with E-state index < -0.39 is 29.2 Å². The first-order chi connectivity index (χ1) is 18.7. The maximum atomic E-state index is 14.3. The third-order valence-corrected chi connectivity index (χ3v) is 6.49. The Morgan fingerprint density at radius 1 is 0.974 bits per heavy atom. The van der Waals surface area contributed by atoms with Crippen molar-refractivity contribution >= 4 is 27.8 Å². The van der Waals surface area contributed by atoms with Crippen LogP contribution in [-0.4, -0.2) is 24.9 Å². The predicted molar refractivity (Wildman–Crippen MR) is 138 cm³/mol. The Morgan fingerprint density at radius 2 is 1.72 bits per heavy atom. The van der Waals surface area contributed by atoms with Gasteiger partial charge in [0.05, 0.1) is 16.3 Å². The molecule has 1 unspecified atom stereocenters. The SMILES string of the molecule is CC(c1oc2ccccc2c(=O)c1-c1cccc(F)c1)n1nc(-c2cc(F)c(O)c(F)c2)c2c(N)ncnc21. The first-order valence-corrected chi connectivity index (χ1v) is 11.7. The van der Waals surface area contributed by atoms with Crippen molar-refractivity contribution in [2.45, 2.75) is 13.0 Å². The number of fused-ring (bicyclic) bond motifs is 2. The van der Waals surface area contributed by atoms with Crippen molar-refractivity contribution in [2.75, 3.05) is 5.73 Å². The zero-order valence-electron chi connectivity index (χ0n) is 20.2. The third-order valence-electron chi connectivity index (χ3n) is 6.49. The van der Waals surface area contributed by atoms with Gasteiger partial charge in [0.25, 0.3) is 0 Å². The van der Waals surface area contributed by atoms with Gasteiger partial charge in [0, 0.05) is 5.56 Å². The highest BCUT2D eigenvalue weighted by Gasteiger charge is 2.27. The number of aromatic hydroxyl groups is 1. The molecule has 0 spiro atoms. The van der Waals surface area contributed by atoms with Crippen LogP contribution in [0.5, 0.6) is 5.75 Å². The second-order valence-electron chi connectivity index (χ2n) is 8.89. The molecule has 0 aliphatic rings. The van der Waals surface area contributed by atoms with Crippen molar-refractivity contribution in [2.24, 2.45) is 0 Å². The first kappa shape index (κ1) is 24.2. The maximum Gasteiger partial charge on any atom is 0.200 e. The second-order valence-corrected chi connectivity index (χ2v) is 8.89. The molecule has 0 saturated heterocycles. The summed E-state index contributed by atoms with van der Waals surface area (Å²) in [4.78, 5) is 22.0. The van der Waals surface area contributed by atoms with Crippen molar-refractivity contribution in [3.8, 4) is 28.1 Å². The highest BCUT2D eigenvalue weighted by atomic mass is 19.1. The summed E-state index contributed by atoms with van der Waals surface area (Å²) in [5.41, 5.74) is 6.69. The normalized spacial score (nSPS) is 12.3. The molecule has 0 amide bonds. The molecule has 0 saturated carbocycles. The molecule has 6 rings (SSSR count). The van der Waals surface area contributed by atoms with Crippen LogP contribution in [-0.2, 0) is 0 Å². The van der Waals surface area contributed by atoms with E-state index in [-0.39, 0.29) is 44.9 Å². The van der Waals surface area contributed by atoms with Gasteiger partial charge in [0.1, 0.15) is 41.0 Å². The van der Waals surface area contributed by atoms with Crippen LogP contribution in [0.3, 0.4) is 0 Å². The summed E-state index contributed by atoms with van der Waals surface area (Å²) in [7, 11) is 0. The Balaban J connectivity index is 1.65. The number of hydrogen-bond donors (Lipinski definition) is 2. The quantitative estimate of drug-likeness (QED) is 0.306. The monoisotopic (exact) mass is 529 g/mol. The minimum atomic E-state index is -1.19. The molecule has 3 N–H and O–H groups in total. The van der Waals surface area contributed by atoms with E-state index in [4.69, 9.17) is 10.2 Å². The molecule has 1 atom stereocenters. The molecule has 3 heterocycles. The van der Waals surface area contributed by atoms with Crippen LogP contribution in [0.1, 0.15) is 18.7 Å². The minimum absolute atomic E-state index is 0.00680. The fourth-order valence-electron chi connectivity index (χ4n) is 4.65. The fraction of sp³-hybridized carbons (Fsp3) is 0.0714. The molecule has 0 radical (unpaired) electrons. The summed E-state index contributed by atoms with van der Waals surface area (Å²) in [5.74, 6) is -3.90. The minimum Gasteiger partial charge on any atom is -0.503 e. The van der Waals surface area contributed by atoms with Gasteiger partial charge >= 0.3 is 0 Å². The topological polar surface area (TPSA) is 120 Å². The lowest BCUT2D eigenvalue weighted by Gasteiger charge is -2.17. The van der Waals surface area contributed by atoms with Crippen LogP contribution in [0.4, 0.5) is 19.0 Å². The number of hydrogen-bond acceptors (Lipinski definition) is 7. The number of nitrogen functional groups attached to an aromatic ring is 1. The Hall–Kier alpha value is -5.19. The second kappa shape index (κ2) is 8.98. The molecule has 3 aromatic carbocycles. The summed E-state index contributed by atoms with van der Waals surface area (Å²) in [6, 6.07) is 13.2. The van der Waals surface area contributed by atoms with Crippen molar-refractivity contribution in [1.29, 1.82) is 0 Å². The van der Waals surface area contributed by atoms with Crippen LogP contribution < -0.4 is 11.2 Å². The average molecular weight is 529 g/mol. The van der Waals surface area contributed by atoms with Gasteiger partial charge in [0.15, 0.2) is 23.0 Å². The van der Waals surface area contributed by atoms with Gasteiger partial charge in [-0.1, -0.05) is 24.3 Å². The Bertz CT molecular complexity index is 1960. The smallest absolute Gasteiger partial charge is 0.200 e. The summed E-state index contributed by atoms with van der Waals surface area (Å²) in [5, 5.41) is 14.6. The lowest BCUT2D eigenvalue weighted by molar-refractivity contribution is 0.396. The van der Waals surface area contributed by atoms with Crippen molar-refractivity contribution in [3.05, 3.63) is 100 Å². The number of benzene rings is 3. The number of aromatic nitrogens is 4. The van der Waals surface area contributed by atoms with Gasteiger partial charge < -0.3 is 15.3 Å². The van der Waals surface area contributed by atoms with E-state index in [9.17, 15) is 23.1 Å². The Kier molecular flexibility index (Phi) is 5.56. The van der Waals surface area contributed by atoms with Crippen LogP contribution in [0.2, 0.25) is 0 Å². The van der Waals surface area contributed by atoms with Crippen LogP contribution in [0.15, 0.2) is 76.2 Å². The molecule has 0 aliphatic carbocycles. The maximum absolute atomic E-state index is 14.3. The van der Waals surface area contributed by atoms with Gasteiger partial charge in [-0.15, -0.1) is 0 Å². The van der Waals surface area contributed by atoms with Gasteiger partial charge in [-0.25, -0.2) is 27.8 Å². The van der Waals surface area contributed by atoms with Gasteiger partial charge in [-0.2, -0.15) is 5.10 Å². The van der Waals surface area contributed by atoms with E-state index in [2.05, 4.69) is 15.1 Å². The highest BCUT2D eigenvalue weighted by Crippen LogP contribution is 2.37. The summed E-state index contributed by atoms with van der Waals surface area (Å²) < 4.78 is 50.4. The number of rotatable bonds is 4. The van der Waals surface area contributed by atoms with E-state index in [1.807, 2.05) is 0 Å². The molecule has 6 aromatic rings. The largest absolute Gasteiger partial charge is 0.503 e. The van der Waals surface area contributed by atoms with E-state index in [0.29, 0.717) is 16.5 Å². The number of phenols is 1. The summed E-state index contributed by atoms with van der Waals surface area (Å²) >= 11 is 0. The molecular formula is C28H18F3N5O3. The van der Waals surface area contributed by atoms with Crippen LogP contribution in [0.25, 0.3) is 44.4 Å². The van der Waals surface area contributed by atoms with Crippen LogP contribution >= 0.6 is 0 Å². The van der Waals surface area contributed by atoms with E-state index in [1.54, 1.807) is 37.3 Å².